The third-order valence-electron chi connectivity index (χ3n) is 4.81. The molecule has 144 valence electrons. The molecule has 1 aliphatic rings. The largest absolute Gasteiger partial charge is 0.368 e. The molecule has 28 heavy (non-hydrogen) atoms. The van der Waals surface area contributed by atoms with E-state index >= 15 is 0 Å². The van der Waals surface area contributed by atoms with Crippen molar-refractivity contribution in [3.8, 4) is 0 Å². The second-order valence-electron chi connectivity index (χ2n) is 6.69. The molecule has 0 saturated carbocycles. The van der Waals surface area contributed by atoms with Crippen LogP contribution in [0.25, 0.3) is 11.0 Å². The van der Waals surface area contributed by atoms with Gasteiger partial charge in [0.1, 0.15) is 6.10 Å². The fourth-order valence-electron chi connectivity index (χ4n) is 3.41. The minimum atomic E-state index is -0.415. The zero-order chi connectivity index (χ0) is 19.5. The fourth-order valence-corrected chi connectivity index (χ4v) is 3.41. The van der Waals surface area contributed by atoms with E-state index in [0.29, 0.717) is 30.4 Å². The van der Waals surface area contributed by atoms with Gasteiger partial charge in [-0.2, -0.15) is 0 Å². The Balaban J connectivity index is 1.51. The average Bonchev–Trinajstić information content (AvgIpc) is 3.36. The highest BCUT2D eigenvalue weighted by atomic mass is 16.5. The van der Waals surface area contributed by atoms with Crippen LogP contribution in [0, 0.1) is 0 Å². The van der Waals surface area contributed by atoms with Crippen LogP contribution >= 0.6 is 0 Å². The van der Waals surface area contributed by atoms with Crippen LogP contribution in [0.2, 0.25) is 0 Å². The van der Waals surface area contributed by atoms with Gasteiger partial charge in [0.2, 0.25) is 5.95 Å². The van der Waals surface area contributed by atoms with E-state index in [2.05, 4.69) is 15.6 Å². The van der Waals surface area contributed by atoms with Gasteiger partial charge in [0.25, 0.3) is 11.8 Å². The molecule has 7 nitrogen and oxygen atoms in total. The first-order valence-electron chi connectivity index (χ1n) is 9.45. The summed E-state index contributed by atoms with van der Waals surface area (Å²) < 4.78 is 7.35. The third-order valence-corrected chi connectivity index (χ3v) is 4.81. The topological polar surface area (TPSA) is 85.2 Å². The number of fused-ring (bicyclic) bond motifs is 1. The molecule has 1 atom stereocenters. The molecular formula is C21H22N4O3. The first-order chi connectivity index (χ1) is 13.7. The van der Waals surface area contributed by atoms with Crippen LogP contribution in [0.1, 0.15) is 30.1 Å². The highest BCUT2D eigenvalue weighted by Gasteiger charge is 2.23. The van der Waals surface area contributed by atoms with Crippen molar-refractivity contribution < 1.29 is 14.3 Å². The summed E-state index contributed by atoms with van der Waals surface area (Å²) >= 11 is 0. The lowest BCUT2D eigenvalue weighted by molar-refractivity contribution is -0.124. The van der Waals surface area contributed by atoms with Crippen molar-refractivity contribution in [2.75, 3.05) is 17.2 Å². The minimum absolute atomic E-state index is 0.178. The van der Waals surface area contributed by atoms with Crippen LogP contribution in [0.4, 0.5) is 11.6 Å². The summed E-state index contributed by atoms with van der Waals surface area (Å²) in [5.41, 5.74) is 2.81. The van der Waals surface area contributed by atoms with Gasteiger partial charge in [-0.25, -0.2) is 4.98 Å². The van der Waals surface area contributed by atoms with Gasteiger partial charge in [-0.1, -0.05) is 18.2 Å². The zero-order valence-corrected chi connectivity index (χ0v) is 15.6. The quantitative estimate of drug-likeness (QED) is 0.712. The molecule has 1 aromatic heterocycles. The molecule has 2 heterocycles. The van der Waals surface area contributed by atoms with Gasteiger partial charge < -0.3 is 14.6 Å². The number of hydrogen-bond acceptors (Lipinski definition) is 4. The number of carbonyl (C=O) groups excluding carboxylic acids is 2. The molecule has 0 spiro atoms. The monoisotopic (exact) mass is 378 g/mol. The molecule has 0 bridgehead atoms. The van der Waals surface area contributed by atoms with Gasteiger partial charge >= 0.3 is 0 Å². The van der Waals surface area contributed by atoms with E-state index in [-0.39, 0.29) is 11.8 Å². The predicted octanol–water partition coefficient (Wildman–Crippen LogP) is 3.43. The molecule has 1 aliphatic heterocycles. The second kappa shape index (κ2) is 7.82. The number of aromatic nitrogens is 2. The Morgan fingerprint density at radius 2 is 2.04 bits per heavy atom. The Morgan fingerprint density at radius 1 is 1.18 bits per heavy atom. The SMILES string of the molecule is CCn1c(NC(=O)c2cccc(NC(=O)C3CCCO3)c2)nc2ccccc21. The molecule has 2 aromatic carbocycles. The number of nitrogens with one attached hydrogen (secondary N) is 2. The molecule has 1 unspecified atom stereocenters. The molecule has 1 saturated heterocycles. The predicted molar refractivity (Wildman–Crippen MR) is 107 cm³/mol. The zero-order valence-electron chi connectivity index (χ0n) is 15.6. The van der Waals surface area contributed by atoms with Crippen LogP contribution in [0.3, 0.4) is 0 Å². The number of para-hydroxylation sites is 2. The smallest absolute Gasteiger partial charge is 0.258 e. The van der Waals surface area contributed by atoms with E-state index < -0.39 is 6.10 Å². The maximum absolute atomic E-state index is 12.8. The highest BCUT2D eigenvalue weighted by Crippen LogP contribution is 2.21. The van der Waals surface area contributed by atoms with Crippen molar-refractivity contribution in [1.82, 2.24) is 9.55 Å². The highest BCUT2D eigenvalue weighted by molar-refractivity contribution is 6.05. The van der Waals surface area contributed by atoms with E-state index in [1.54, 1.807) is 24.3 Å². The van der Waals surface area contributed by atoms with Crippen molar-refractivity contribution >= 4 is 34.5 Å². The molecule has 2 N–H and O–H groups in total. The van der Waals surface area contributed by atoms with Crippen LogP contribution in [0.5, 0.6) is 0 Å². The molecule has 4 rings (SSSR count). The van der Waals surface area contributed by atoms with Gasteiger partial charge in [0, 0.05) is 24.4 Å². The molecule has 3 aromatic rings. The van der Waals surface area contributed by atoms with Crippen LogP contribution in [-0.2, 0) is 16.1 Å². The third kappa shape index (κ3) is 3.61. The first-order valence-corrected chi connectivity index (χ1v) is 9.45. The molecular weight excluding hydrogens is 356 g/mol. The average molecular weight is 378 g/mol. The summed E-state index contributed by atoms with van der Waals surface area (Å²) in [6, 6.07) is 14.6. The summed E-state index contributed by atoms with van der Waals surface area (Å²) in [5, 5.41) is 5.70. The summed E-state index contributed by atoms with van der Waals surface area (Å²) in [5.74, 6) is 0.0450. The Bertz CT molecular complexity index is 1020. The number of anilines is 2. The van der Waals surface area contributed by atoms with E-state index in [0.717, 1.165) is 23.9 Å². The number of nitrogens with zero attached hydrogens (tertiary/aromatic N) is 2. The second-order valence-corrected chi connectivity index (χ2v) is 6.69. The minimum Gasteiger partial charge on any atom is -0.368 e. The Hall–Kier alpha value is -3.19. The summed E-state index contributed by atoms with van der Waals surface area (Å²) in [7, 11) is 0. The molecule has 7 heteroatoms. The van der Waals surface area contributed by atoms with Crippen molar-refractivity contribution in [1.29, 1.82) is 0 Å². The van der Waals surface area contributed by atoms with Gasteiger partial charge in [-0.15, -0.1) is 0 Å². The number of amides is 2. The molecule has 0 radical (unpaired) electrons. The van der Waals surface area contributed by atoms with Crippen LogP contribution in [0.15, 0.2) is 48.5 Å². The van der Waals surface area contributed by atoms with E-state index in [1.165, 1.54) is 0 Å². The Morgan fingerprint density at radius 3 is 2.82 bits per heavy atom. The maximum Gasteiger partial charge on any atom is 0.258 e. The lowest BCUT2D eigenvalue weighted by atomic mass is 10.1. The van der Waals surface area contributed by atoms with Gasteiger partial charge in [-0.3, -0.25) is 14.9 Å². The number of carbonyl (C=O) groups is 2. The van der Waals surface area contributed by atoms with Crippen molar-refractivity contribution in [2.45, 2.75) is 32.4 Å². The van der Waals surface area contributed by atoms with E-state index in [9.17, 15) is 9.59 Å². The number of benzene rings is 2. The molecule has 0 aliphatic carbocycles. The number of rotatable bonds is 5. The Kier molecular flexibility index (Phi) is 5.08. The van der Waals surface area contributed by atoms with E-state index in [1.807, 2.05) is 35.8 Å². The molecule has 1 fully saturated rings. The van der Waals surface area contributed by atoms with Crippen molar-refractivity contribution in [2.24, 2.45) is 0 Å². The Labute approximate surface area is 162 Å². The maximum atomic E-state index is 12.8. The van der Waals surface area contributed by atoms with Crippen molar-refractivity contribution in [3.63, 3.8) is 0 Å². The van der Waals surface area contributed by atoms with Gasteiger partial charge in [-0.05, 0) is 50.1 Å². The summed E-state index contributed by atoms with van der Waals surface area (Å²) in [6.45, 7) is 3.30. The van der Waals surface area contributed by atoms with Crippen LogP contribution in [-0.4, -0.2) is 34.1 Å². The van der Waals surface area contributed by atoms with Gasteiger partial charge in [0.15, 0.2) is 0 Å². The lowest BCUT2D eigenvalue weighted by Gasteiger charge is -2.12. The van der Waals surface area contributed by atoms with Crippen LogP contribution < -0.4 is 10.6 Å². The number of imidazole rings is 1. The normalized spacial score (nSPS) is 16.2. The van der Waals surface area contributed by atoms with Gasteiger partial charge in [0.05, 0.1) is 11.0 Å². The lowest BCUT2D eigenvalue weighted by Crippen LogP contribution is -2.27. The standard InChI is InChI=1S/C21H22N4O3/c1-2-25-17-10-4-3-9-16(17)23-21(25)24-19(26)14-7-5-8-15(13-14)22-20(27)18-11-6-12-28-18/h3-5,7-10,13,18H,2,6,11-12H2,1H3,(H,22,27)(H,23,24,26). The number of ether oxygens (including phenoxy) is 1. The van der Waals surface area contributed by atoms with Crippen molar-refractivity contribution in [3.05, 3.63) is 54.1 Å². The molecule has 2 amide bonds. The first kappa shape index (κ1) is 18.2. The summed E-state index contributed by atoms with van der Waals surface area (Å²) in [6.07, 6.45) is 1.19. The number of aryl methyl sites for hydroxylation is 1. The van der Waals surface area contributed by atoms with E-state index in [4.69, 9.17) is 4.74 Å². The summed E-state index contributed by atoms with van der Waals surface area (Å²) in [4.78, 5) is 29.5. The fraction of sp³-hybridized carbons (Fsp3) is 0.286. The number of hydrogen-bond donors (Lipinski definition) is 2.